The Kier molecular flexibility index (Phi) is 3.57. The number of nitrogens with one attached hydrogen (secondary N) is 1. The lowest BCUT2D eigenvalue weighted by molar-refractivity contribution is 1.09. The van der Waals surface area contributed by atoms with Crippen LogP contribution in [0.25, 0.3) is 5.57 Å². The third kappa shape index (κ3) is 2.48. The Bertz CT molecular complexity index is 576. The molecule has 18 heavy (non-hydrogen) atoms. The van der Waals surface area contributed by atoms with Crippen molar-refractivity contribution in [3.8, 4) is 0 Å². The van der Waals surface area contributed by atoms with Crippen LogP contribution in [0, 0.1) is 6.92 Å². The summed E-state index contributed by atoms with van der Waals surface area (Å²) in [6, 6.07) is 10.0. The minimum atomic E-state index is 0.281. The van der Waals surface area contributed by atoms with Gasteiger partial charge in [0.1, 0.15) is 0 Å². The van der Waals surface area contributed by atoms with Crippen LogP contribution in [0.4, 0.5) is 5.95 Å². The van der Waals surface area contributed by atoms with Gasteiger partial charge in [-0.15, -0.1) is 0 Å². The van der Waals surface area contributed by atoms with Crippen LogP contribution in [0.2, 0.25) is 0 Å². The van der Waals surface area contributed by atoms with E-state index >= 15 is 0 Å². The number of nitrogens with two attached hydrogens (primary N) is 1. The molecule has 0 aliphatic carbocycles. The first-order chi connectivity index (χ1) is 8.72. The largest absolute Gasteiger partial charge is 0.393 e. The number of anilines is 1. The Hall–Kier alpha value is -2.36. The van der Waals surface area contributed by atoms with Crippen LogP contribution < -0.4 is 11.1 Å². The topological polar surface area (TPSA) is 63.8 Å². The standard InChI is InChI=1S/C14H16N4/c1-10-5-3-4-6-11(10)12(9-16-2)13-7-8-17-14(15)18-13/h3-9,16H,1-2H3,(H2,15,17,18)/b12-9+. The predicted octanol–water partition coefficient (Wildman–Crippen LogP) is 1.98. The van der Waals surface area contributed by atoms with Gasteiger partial charge in [0.05, 0.1) is 5.69 Å². The molecule has 0 aliphatic rings. The first-order valence-corrected chi connectivity index (χ1v) is 5.74. The smallest absolute Gasteiger partial charge is 0.220 e. The molecule has 2 rings (SSSR count). The lowest BCUT2D eigenvalue weighted by Crippen LogP contribution is -2.03. The zero-order valence-electron chi connectivity index (χ0n) is 10.5. The number of aromatic nitrogens is 2. The molecule has 0 fully saturated rings. The molecule has 0 spiro atoms. The highest BCUT2D eigenvalue weighted by molar-refractivity contribution is 5.79. The number of rotatable bonds is 3. The van der Waals surface area contributed by atoms with Crippen molar-refractivity contribution in [2.45, 2.75) is 6.92 Å². The second-order valence-corrected chi connectivity index (χ2v) is 3.96. The Morgan fingerprint density at radius 2 is 2.06 bits per heavy atom. The molecule has 1 aromatic heterocycles. The van der Waals surface area contributed by atoms with Crippen molar-refractivity contribution >= 4 is 11.5 Å². The lowest BCUT2D eigenvalue weighted by Gasteiger charge is -2.10. The number of aryl methyl sites for hydroxylation is 1. The van der Waals surface area contributed by atoms with E-state index in [-0.39, 0.29) is 5.95 Å². The second-order valence-electron chi connectivity index (χ2n) is 3.96. The number of hydrogen-bond acceptors (Lipinski definition) is 4. The minimum absolute atomic E-state index is 0.281. The molecule has 0 unspecified atom stereocenters. The van der Waals surface area contributed by atoms with Gasteiger partial charge in [-0.25, -0.2) is 9.97 Å². The van der Waals surface area contributed by atoms with Gasteiger partial charge in [-0.3, -0.25) is 0 Å². The normalized spacial score (nSPS) is 11.3. The number of benzene rings is 1. The highest BCUT2D eigenvalue weighted by atomic mass is 15.0. The van der Waals surface area contributed by atoms with Crippen molar-refractivity contribution in [2.75, 3.05) is 12.8 Å². The van der Waals surface area contributed by atoms with Crippen LogP contribution in [-0.4, -0.2) is 17.0 Å². The fraction of sp³-hybridized carbons (Fsp3) is 0.143. The molecule has 1 aromatic carbocycles. The van der Waals surface area contributed by atoms with E-state index in [1.807, 2.05) is 31.4 Å². The Morgan fingerprint density at radius 1 is 1.28 bits per heavy atom. The van der Waals surface area contributed by atoms with Gasteiger partial charge in [0.25, 0.3) is 0 Å². The summed E-state index contributed by atoms with van der Waals surface area (Å²) >= 11 is 0. The average Bonchev–Trinajstić information content (AvgIpc) is 2.37. The molecule has 0 bridgehead atoms. The minimum Gasteiger partial charge on any atom is -0.393 e. The fourth-order valence-corrected chi connectivity index (χ4v) is 1.83. The van der Waals surface area contributed by atoms with Crippen molar-refractivity contribution < 1.29 is 0 Å². The number of nitrogen functional groups attached to an aromatic ring is 1. The Balaban J connectivity index is 2.54. The van der Waals surface area contributed by atoms with E-state index in [0.29, 0.717) is 0 Å². The summed E-state index contributed by atoms with van der Waals surface area (Å²) in [5.74, 6) is 0.281. The molecule has 0 amide bonds. The highest BCUT2D eigenvalue weighted by Crippen LogP contribution is 2.24. The van der Waals surface area contributed by atoms with E-state index in [4.69, 9.17) is 5.73 Å². The summed E-state index contributed by atoms with van der Waals surface area (Å²) in [6.07, 6.45) is 3.59. The first-order valence-electron chi connectivity index (χ1n) is 5.74. The van der Waals surface area contributed by atoms with E-state index in [9.17, 15) is 0 Å². The van der Waals surface area contributed by atoms with E-state index in [1.165, 1.54) is 5.56 Å². The molecular formula is C14H16N4. The third-order valence-electron chi connectivity index (χ3n) is 2.67. The van der Waals surface area contributed by atoms with Gasteiger partial charge in [0, 0.05) is 25.0 Å². The molecule has 0 aliphatic heterocycles. The van der Waals surface area contributed by atoms with E-state index < -0.39 is 0 Å². The molecular weight excluding hydrogens is 224 g/mol. The molecule has 0 radical (unpaired) electrons. The molecule has 0 atom stereocenters. The van der Waals surface area contributed by atoms with Crippen molar-refractivity contribution in [3.63, 3.8) is 0 Å². The SMILES string of the molecule is CN/C=C(/c1ccnc(N)n1)c1ccccc1C. The molecule has 2 aromatic rings. The molecule has 92 valence electrons. The Labute approximate surface area is 107 Å². The summed E-state index contributed by atoms with van der Waals surface area (Å²) < 4.78 is 0. The molecule has 4 nitrogen and oxygen atoms in total. The van der Waals surface area contributed by atoms with Gasteiger partial charge < -0.3 is 11.1 Å². The zero-order chi connectivity index (χ0) is 13.0. The zero-order valence-corrected chi connectivity index (χ0v) is 10.5. The van der Waals surface area contributed by atoms with Gasteiger partial charge in [-0.2, -0.15) is 0 Å². The highest BCUT2D eigenvalue weighted by Gasteiger charge is 2.09. The molecule has 4 heteroatoms. The van der Waals surface area contributed by atoms with E-state index in [2.05, 4.69) is 34.3 Å². The molecule has 0 saturated heterocycles. The fourth-order valence-electron chi connectivity index (χ4n) is 1.83. The Morgan fingerprint density at radius 3 is 2.72 bits per heavy atom. The summed E-state index contributed by atoms with van der Waals surface area (Å²) in [6.45, 7) is 2.07. The van der Waals surface area contributed by atoms with Crippen molar-refractivity contribution in [1.29, 1.82) is 0 Å². The summed E-state index contributed by atoms with van der Waals surface area (Å²) in [5, 5.41) is 3.05. The third-order valence-corrected chi connectivity index (χ3v) is 2.67. The summed E-state index contributed by atoms with van der Waals surface area (Å²) in [4.78, 5) is 8.19. The van der Waals surface area contributed by atoms with Crippen LogP contribution >= 0.6 is 0 Å². The summed E-state index contributed by atoms with van der Waals surface area (Å²) in [7, 11) is 1.86. The van der Waals surface area contributed by atoms with Crippen LogP contribution in [0.1, 0.15) is 16.8 Å². The number of nitrogens with zero attached hydrogens (tertiary/aromatic N) is 2. The monoisotopic (exact) mass is 240 g/mol. The maximum Gasteiger partial charge on any atom is 0.220 e. The van der Waals surface area contributed by atoms with Gasteiger partial charge >= 0.3 is 0 Å². The van der Waals surface area contributed by atoms with Crippen LogP contribution in [-0.2, 0) is 0 Å². The molecule has 0 saturated carbocycles. The molecule has 1 heterocycles. The summed E-state index contributed by atoms with van der Waals surface area (Å²) in [5.41, 5.74) is 9.77. The van der Waals surface area contributed by atoms with Crippen molar-refractivity contribution in [3.05, 3.63) is 59.5 Å². The van der Waals surface area contributed by atoms with Crippen molar-refractivity contribution in [2.24, 2.45) is 0 Å². The van der Waals surface area contributed by atoms with Crippen molar-refractivity contribution in [1.82, 2.24) is 15.3 Å². The number of hydrogen-bond donors (Lipinski definition) is 2. The van der Waals surface area contributed by atoms with Crippen LogP contribution in [0.3, 0.4) is 0 Å². The second kappa shape index (κ2) is 5.31. The van der Waals surface area contributed by atoms with Gasteiger partial charge in [-0.05, 0) is 24.1 Å². The van der Waals surface area contributed by atoms with Gasteiger partial charge in [-0.1, -0.05) is 24.3 Å². The van der Waals surface area contributed by atoms with Gasteiger partial charge in [0.15, 0.2) is 0 Å². The van der Waals surface area contributed by atoms with Crippen LogP contribution in [0.15, 0.2) is 42.7 Å². The first kappa shape index (κ1) is 12.1. The quantitative estimate of drug-likeness (QED) is 0.861. The molecule has 3 N–H and O–H groups in total. The maximum absolute atomic E-state index is 5.64. The predicted molar refractivity (Wildman–Crippen MR) is 73.8 cm³/mol. The lowest BCUT2D eigenvalue weighted by atomic mass is 9.99. The van der Waals surface area contributed by atoms with E-state index in [1.54, 1.807) is 6.20 Å². The average molecular weight is 240 g/mol. The van der Waals surface area contributed by atoms with Gasteiger partial charge in [0.2, 0.25) is 5.95 Å². The maximum atomic E-state index is 5.64. The van der Waals surface area contributed by atoms with E-state index in [0.717, 1.165) is 16.8 Å². The van der Waals surface area contributed by atoms with Crippen LogP contribution in [0.5, 0.6) is 0 Å².